The molecular formula is C8H17N3. The van der Waals surface area contributed by atoms with Gasteiger partial charge in [0, 0.05) is 19.6 Å². The molecule has 0 aromatic heterocycles. The summed E-state index contributed by atoms with van der Waals surface area (Å²) in [5.41, 5.74) is 0. The fourth-order valence-electron chi connectivity index (χ4n) is 1.38. The van der Waals surface area contributed by atoms with Gasteiger partial charge in [-0.2, -0.15) is 5.12 Å². The molecule has 3 heteroatoms. The van der Waals surface area contributed by atoms with Crippen LogP contribution in [0, 0.1) is 0 Å². The van der Waals surface area contributed by atoms with Crippen LogP contribution in [0.4, 0.5) is 0 Å². The lowest BCUT2D eigenvalue weighted by Gasteiger charge is -2.33. The summed E-state index contributed by atoms with van der Waals surface area (Å²) in [5.74, 6) is 5.75. The predicted molar refractivity (Wildman–Crippen MR) is 46.5 cm³/mol. The SMILES string of the molecule is C=CCN(N)N1CCCCC1. The Balaban J connectivity index is 2.26. The molecule has 0 saturated carbocycles. The van der Waals surface area contributed by atoms with Crippen LogP contribution >= 0.6 is 0 Å². The fraction of sp³-hybridized carbons (Fsp3) is 0.750. The summed E-state index contributed by atoms with van der Waals surface area (Å²) in [4.78, 5) is 0. The molecule has 0 aromatic rings. The van der Waals surface area contributed by atoms with Crippen LogP contribution in [0.15, 0.2) is 12.7 Å². The van der Waals surface area contributed by atoms with E-state index in [1.165, 1.54) is 19.3 Å². The normalized spacial score (nSPS) is 20.5. The van der Waals surface area contributed by atoms with E-state index in [1.807, 2.05) is 6.08 Å². The lowest BCUT2D eigenvalue weighted by Crippen LogP contribution is -2.49. The van der Waals surface area contributed by atoms with Crippen molar-refractivity contribution < 1.29 is 0 Å². The Morgan fingerprint density at radius 2 is 2.00 bits per heavy atom. The number of nitrogens with two attached hydrogens (primary N) is 1. The molecule has 0 bridgehead atoms. The van der Waals surface area contributed by atoms with E-state index < -0.39 is 0 Å². The van der Waals surface area contributed by atoms with E-state index in [2.05, 4.69) is 11.6 Å². The van der Waals surface area contributed by atoms with Crippen molar-refractivity contribution in [3.63, 3.8) is 0 Å². The van der Waals surface area contributed by atoms with Crippen LogP contribution in [0.25, 0.3) is 0 Å². The third-order valence-electron chi connectivity index (χ3n) is 2.01. The molecule has 0 aliphatic carbocycles. The Labute approximate surface area is 68.4 Å². The van der Waals surface area contributed by atoms with Gasteiger partial charge in [-0.3, -0.25) is 5.84 Å². The van der Waals surface area contributed by atoms with Crippen molar-refractivity contribution in [3.8, 4) is 0 Å². The van der Waals surface area contributed by atoms with Crippen molar-refractivity contribution in [1.29, 1.82) is 0 Å². The first-order chi connectivity index (χ1) is 5.34. The minimum atomic E-state index is 0.750. The molecule has 1 saturated heterocycles. The highest BCUT2D eigenvalue weighted by molar-refractivity contribution is 4.70. The highest BCUT2D eigenvalue weighted by atomic mass is 15.7. The first-order valence-electron chi connectivity index (χ1n) is 4.22. The Kier molecular flexibility index (Phi) is 3.56. The van der Waals surface area contributed by atoms with E-state index in [4.69, 9.17) is 5.84 Å². The number of hydrogen-bond acceptors (Lipinski definition) is 3. The molecule has 64 valence electrons. The molecule has 0 unspecified atom stereocenters. The van der Waals surface area contributed by atoms with Crippen LogP contribution in [0.3, 0.4) is 0 Å². The zero-order chi connectivity index (χ0) is 8.10. The van der Waals surface area contributed by atoms with Crippen molar-refractivity contribution in [3.05, 3.63) is 12.7 Å². The maximum atomic E-state index is 5.75. The molecule has 1 aliphatic rings. The standard InChI is InChI=1S/C8H17N3/c1-2-6-11(9)10-7-4-3-5-8-10/h2H,1,3-9H2. The average molecular weight is 155 g/mol. The Morgan fingerprint density at radius 3 is 2.55 bits per heavy atom. The number of hydrazine groups is 2. The maximum absolute atomic E-state index is 5.75. The summed E-state index contributed by atoms with van der Waals surface area (Å²) in [5, 5.41) is 3.94. The number of nitrogens with zero attached hydrogens (tertiary/aromatic N) is 2. The summed E-state index contributed by atoms with van der Waals surface area (Å²) < 4.78 is 0. The molecule has 1 rings (SSSR count). The molecule has 0 amide bonds. The van der Waals surface area contributed by atoms with Crippen LogP contribution in [0.2, 0.25) is 0 Å². The Hall–Kier alpha value is -0.380. The second-order valence-electron chi connectivity index (χ2n) is 2.93. The van der Waals surface area contributed by atoms with Gasteiger partial charge in [0.1, 0.15) is 0 Å². The number of hydrogen-bond donors (Lipinski definition) is 1. The molecule has 0 aromatic carbocycles. The van der Waals surface area contributed by atoms with Gasteiger partial charge in [0.05, 0.1) is 0 Å². The monoisotopic (exact) mass is 155 g/mol. The zero-order valence-electron chi connectivity index (χ0n) is 7.00. The molecule has 0 radical (unpaired) electrons. The lowest BCUT2D eigenvalue weighted by atomic mass is 10.2. The van der Waals surface area contributed by atoms with E-state index in [9.17, 15) is 0 Å². The first kappa shape index (κ1) is 8.71. The van der Waals surface area contributed by atoms with Gasteiger partial charge in [-0.05, 0) is 12.8 Å². The van der Waals surface area contributed by atoms with Crippen LogP contribution in [0.1, 0.15) is 19.3 Å². The molecule has 0 spiro atoms. The quantitative estimate of drug-likeness (QED) is 0.371. The first-order valence-corrected chi connectivity index (χ1v) is 4.22. The minimum Gasteiger partial charge on any atom is -0.255 e. The summed E-state index contributed by atoms with van der Waals surface area (Å²) in [7, 11) is 0. The average Bonchev–Trinajstić information content (AvgIpc) is 2.07. The Morgan fingerprint density at radius 1 is 1.36 bits per heavy atom. The van der Waals surface area contributed by atoms with Crippen molar-refractivity contribution in [2.45, 2.75) is 19.3 Å². The van der Waals surface area contributed by atoms with Crippen LogP contribution in [-0.2, 0) is 0 Å². The fourth-order valence-corrected chi connectivity index (χ4v) is 1.38. The van der Waals surface area contributed by atoms with Gasteiger partial charge in [0.25, 0.3) is 0 Å². The molecule has 3 nitrogen and oxygen atoms in total. The van der Waals surface area contributed by atoms with E-state index in [0.717, 1.165) is 19.6 Å². The van der Waals surface area contributed by atoms with Gasteiger partial charge in [-0.15, -0.1) is 6.58 Å². The van der Waals surface area contributed by atoms with E-state index in [1.54, 1.807) is 5.12 Å². The van der Waals surface area contributed by atoms with Gasteiger partial charge in [-0.25, -0.2) is 5.01 Å². The molecule has 1 fully saturated rings. The van der Waals surface area contributed by atoms with Crippen molar-refractivity contribution >= 4 is 0 Å². The smallest absolute Gasteiger partial charge is 0.0466 e. The van der Waals surface area contributed by atoms with Gasteiger partial charge >= 0.3 is 0 Å². The van der Waals surface area contributed by atoms with E-state index in [-0.39, 0.29) is 0 Å². The highest BCUT2D eigenvalue weighted by Gasteiger charge is 2.13. The summed E-state index contributed by atoms with van der Waals surface area (Å²) in [6.45, 7) is 6.60. The third-order valence-corrected chi connectivity index (χ3v) is 2.01. The number of rotatable bonds is 3. The molecule has 1 heterocycles. The van der Waals surface area contributed by atoms with Gasteiger partial charge in [0.2, 0.25) is 0 Å². The second-order valence-corrected chi connectivity index (χ2v) is 2.93. The molecular weight excluding hydrogens is 138 g/mol. The molecule has 1 aliphatic heterocycles. The molecule has 2 N–H and O–H groups in total. The second kappa shape index (κ2) is 4.49. The topological polar surface area (TPSA) is 32.5 Å². The van der Waals surface area contributed by atoms with Crippen molar-refractivity contribution in [2.75, 3.05) is 19.6 Å². The minimum absolute atomic E-state index is 0.750. The molecule has 0 atom stereocenters. The van der Waals surface area contributed by atoms with Gasteiger partial charge in [-0.1, -0.05) is 12.5 Å². The summed E-state index contributed by atoms with van der Waals surface area (Å²) >= 11 is 0. The Bertz CT molecular complexity index is 119. The maximum Gasteiger partial charge on any atom is 0.0466 e. The predicted octanol–water partition coefficient (Wildman–Crippen LogP) is 0.749. The highest BCUT2D eigenvalue weighted by Crippen LogP contribution is 2.08. The number of piperidine rings is 1. The van der Waals surface area contributed by atoms with Crippen LogP contribution in [0.5, 0.6) is 0 Å². The van der Waals surface area contributed by atoms with Crippen LogP contribution in [-0.4, -0.2) is 29.8 Å². The van der Waals surface area contributed by atoms with Crippen LogP contribution < -0.4 is 5.84 Å². The van der Waals surface area contributed by atoms with Gasteiger partial charge in [0.15, 0.2) is 0 Å². The zero-order valence-corrected chi connectivity index (χ0v) is 7.00. The van der Waals surface area contributed by atoms with Crippen molar-refractivity contribution in [1.82, 2.24) is 10.1 Å². The van der Waals surface area contributed by atoms with Gasteiger partial charge < -0.3 is 0 Å². The summed E-state index contributed by atoms with van der Waals surface area (Å²) in [6, 6.07) is 0. The third kappa shape index (κ3) is 2.61. The van der Waals surface area contributed by atoms with Crippen molar-refractivity contribution in [2.24, 2.45) is 5.84 Å². The van der Waals surface area contributed by atoms with E-state index >= 15 is 0 Å². The lowest BCUT2D eigenvalue weighted by molar-refractivity contribution is -0.0310. The summed E-state index contributed by atoms with van der Waals surface area (Å²) in [6.07, 6.45) is 5.71. The van der Waals surface area contributed by atoms with E-state index in [0.29, 0.717) is 0 Å². The molecule has 11 heavy (non-hydrogen) atoms. The largest absolute Gasteiger partial charge is 0.255 e.